The van der Waals surface area contributed by atoms with Crippen LogP contribution in [0.3, 0.4) is 0 Å². The number of nitrogens with zero attached hydrogens (tertiary/aromatic N) is 2. The van der Waals surface area contributed by atoms with Crippen molar-refractivity contribution in [2.45, 2.75) is 18.4 Å². The van der Waals surface area contributed by atoms with Crippen LogP contribution in [0, 0.1) is 11.6 Å². The van der Waals surface area contributed by atoms with Crippen molar-refractivity contribution in [3.05, 3.63) is 53.7 Å². The highest BCUT2D eigenvalue weighted by Gasteiger charge is 2.49. The van der Waals surface area contributed by atoms with E-state index in [0.717, 1.165) is 11.6 Å². The first-order chi connectivity index (χ1) is 11.6. The largest absolute Gasteiger partial charge is 0.329 e. The number of halogens is 2. The summed E-state index contributed by atoms with van der Waals surface area (Å²) < 4.78 is 27.1. The van der Waals surface area contributed by atoms with E-state index in [4.69, 9.17) is 0 Å². The number of nitrogens with one attached hydrogen (secondary N) is 1. The zero-order valence-corrected chi connectivity index (χ0v) is 12.5. The molecule has 0 radical (unpaired) electrons. The maximum absolute atomic E-state index is 13.8. The number of carbonyl (C=O) groups is 2. The Morgan fingerprint density at radius 1 is 1.17 bits per heavy atom. The third-order valence-corrected chi connectivity index (χ3v) is 4.41. The van der Waals surface area contributed by atoms with E-state index in [1.807, 2.05) is 0 Å². The third-order valence-electron chi connectivity index (χ3n) is 4.41. The first-order valence-electron chi connectivity index (χ1n) is 7.56. The Hall–Kier alpha value is -2.83. The summed E-state index contributed by atoms with van der Waals surface area (Å²) in [6.45, 7) is 0.0398. The highest BCUT2D eigenvalue weighted by molar-refractivity contribution is 6.02. The molecule has 0 spiro atoms. The summed E-state index contributed by atoms with van der Waals surface area (Å²) in [5, 5.41) is 2.50. The number of rotatable bonds is 3. The van der Waals surface area contributed by atoms with Gasteiger partial charge >= 0.3 is 6.03 Å². The number of aromatic nitrogens is 1. The molecular weight excluding hydrogens is 316 g/mol. The molecule has 1 aromatic carbocycles. The van der Waals surface area contributed by atoms with Crippen molar-refractivity contribution < 1.29 is 18.4 Å². The second-order valence-corrected chi connectivity index (χ2v) is 5.91. The van der Waals surface area contributed by atoms with Gasteiger partial charge in [-0.25, -0.2) is 13.6 Å². The van der Waals surface area contributed by atoms with Gasteiger partial charge in [0.15, 0.2) is 11.6 Å². The van der Waals surface area contributed by atoms with Crippen LogP contribution in [-0.2, 0) is 4.79 Å². The molecule has 1 saturated heterocycles. The van der Waals surface area contributed by atoms with Crippen molar-refractivity contribution >= 4 is 11.9 Å². The van der Waals surface area contributed by atoms with Crippen molar-refractivity contribution in [1.29, 1.82) is 0 Å². The van der Waals surface area contributed by atoms with Gasteiger partial charge in [-0.1, -0.05) is 12.1 Å². The van der Waals surface area contributed by atoms with Crippen molar-refractivity contribution in [1.82, 2.24) is 15.2 Å². The summed E-state index contributed by atoms with van der Waals surface area (Å²) in [7, 11) is 0. The van der Waals surface area contributed by atoms with Gasteiger partial charge in [0, 0.05) is 23.7 Å². The fourth-order valence-corrected chi connectivity index (χ4v) is 3.08. The molecule has 1 saturated carbocycles. The zero-order valence-electron chi connectivity index (χ0n) is 12.5. The van der Waals surface area contributed by atoms with Crippen molar-refractivity contribution in [2.24, 2.45) is 0 Å². The second kappa shape index (κ2) is 5.36. The highest BCUT2D eigenvalue weighted by Crippen LogP contribution is 2.45. The van der Waals surface area contributed by atoms with Crippen LogP contribution in [0.15, 0.2) is 36.5 Å². The molecule has 24 heavy (non-hydrogen) atoms. The number of pyridine rings is 1. The van der Waals surface area contributed by atoms with Crippen LogP contribution in [0.5, 0.6) is 0 Å². The van der Waals surface area contributed by atoms with Crippen LogP contribution in [0.2, 0.25) is 0 Å². The average Bonchev–Trinajstić information content (AvgIpc) is 3.29. The van der Waals surface area contributed by atoms with Crippen molar-refractivity contribution in [3.8, 4) is 11.3 Å². The quantitative estimate of drug-likeness (QED) is 0.880. The molecule has 2 heterocycles. The van der Waals surface area contributed by atoms with Gasteiger partial charge < -0.3 is 5.32 Å². The lowest BCUT2D eigenvalue weighted by Gasteiger charge is -2.12. The number of imide groups is 1. The van der Waals surface area contributed by atoms with E-state index in [0.29, 0.717) is 12.1 Å². The number of hydrogen-bond donors (Lipinski definition) is 1. The smallest absolute Gasteiger partial charge is 0.324 e. The van der Waals surface area contributed by atoms with Crippen LogP contribution < -0.4 is 5.32 Å². The second-order valence-electron chi connectivity index (χ2n) is 5.91. The van der Waals surface area contributed by atoms with Gasteiger partial charge in [-0.2, -0.15) is 0 Å². The predicted molar refractivity (Wildman–Crippen MR) is 81.0 cm³/mol. The van der Waals surface area contributed by atoms with E-state index >= 15 is 0 Å². The number of carbonyl (C=O) groups excluding carboxylic acids is 2. The zero-order chi connectivity index (χ0) is 16.8. The summed E-state index contributed by atoms with van der Waals surface area (Å²) >= 11 is 0. The molecule has 122 valence electrons. The Kier molecular flexibility index (Phi) is 3.30. The maximum Gasteiger partial charge on any atom is 0.324 e. The molecule has 4 rings (SSSR count). The summed E-state index contributed by atoms with van der Waals surface area (Å²) in [5.74, 6) is -2.03. The number of benzene rings is 1. The van der Waals surface area contributed by atoms with Crippen molar-refractivity contribution in [3.63, 3.8) is 0 Å². The molecule has 1 aliphatic carbocycles. The SMILES string of the molecule is O=C1CNC(=O)N1[C@@H]1C[C@H]1c1ccc(-c2cccc(F)c2F)nc1. The van der Waals surface area contributed by atoms with Gasteiger partial charge in [0.2, 0.25) is 5.91 Å². The Balaban J connectivity index is 1.54. The Morgan fingerprint density at radius 3 is 2.67 bits per heavy atom. The predicted octanol–water partition coefficient (Wildman–Crippen LogP) is 2.43. The molecular formula is C17H13F2N3O2. The van der Waals surface area contributed by atoms with E-state index in [-0.39, 0.29) is 36.0 Å². The molecule has 0 bridgehead atoms. The van der Waals surface area contributed by atoms with Crippen LogP contribution >= 0.6 is 0 Å². The fourth-order valence-electron chi connectivity index (χ4n) is 3.08. The van der Waals surface area contributed by atoms with E-state index in [2.05, 4.69) is 10.3 Å². The number of urea groups is 1. The summed E-state index contributed by atoms with van der Waals surface area (Å²) in [5.41, 5.74) is 1.30. The summed E-state index contributed by atoms with van der Waals surface area (Å²) in [4.78, 5) is 28.8. The molecule has 7 heteroatoms. The molecule has 2 aromatic rings. The summed E-state index contributed by atoms with van der Waals surface area (Å²) in [6.07, 6.45) is 2.28. The Labute approximate surface area is 136 Å². The van der Waals surface area contributed by atoms with Crippen LogP contribution in [0.4, 0.5) is 13.6 Å². The number of amides is 3. The minimum atomic E-state index is -0.929. The third kappa shape index (κ3) is 2.33. The highest BCUT2D eigenvalue weighted by atomic mass is 19.2. The first kappa shape index (κ1) is 14.7. The molecule has 3 amide bonds. The van der Waals surface area contributed by atoms with Crippen LogP contribution in [0.1, 0.15) is 17.9 Å². The lowest BCUT2D eigenvalue weighted by atomic mass is 10.1. The molecule has 1 N–H and O–H groups in total. The molecule has 2 aliphatic rings. The summed E-state index contributed by atoms with van der Waals surface area (Å²) in [6, 6.07) is 6.83. The van der Waals surface area contributed by atoms with Gasteiger partial charge in [0.25, 0.3) is 0 Å². The fraction of sp³-hybridized carbons (Fsp3) is 0.235. The standard InChI is InChI=1S/C17H13F2N3O2/c18-12-3-1-2-10(16(12)19)13-5-4-9(7-20-13)11-6-14(11)22-15(23)8-21-17(22)24/h1-5,7,11,14H,6,8H2,(H,21,24)/t11-,14+/m0/s1. The van der Waals surface area contributed by atoms with E-state index < -0.39 is 11.6 Å². The number of hydrogen-bond acceptors (Lipinski definition) is 3. The Bertz CT molecular complexity index is 822. The van der Waals surface area contributed by atoms with Crippen molar-refractivity contribution in [2.75, 3.05) is 6.54 Å². The van der Waals surface area contributed by atoms with Gasteiger partial charge in [-0.3, -0.25) is 14.7 Å². The van der Waals surface area contributed by atoms with Gasteiger partial charge in [-0.15, -0.1) is 0 Å². The van der Waals surface area contributed by atoms with Gasteiger partial charge in [-0.05, 0) is 30.2 Å². The molecule has 2 atom stereocenters. The minimum absolute atomic E-state index is 0.0386. The van der Waals surface area contributed by atoms with Gasteiger partial charge in [0.1, 0.15) is 0 Å². The van der Waals surface area contributed by atoms with Crippen LogP contribution in [-0.4, -0.2) is 34.4 Å². The molecule has 1 aromatic heterocycles. The lowest BCUT2D eigenvalue weighted by Crippen LogP contribution is -2.33. The molecule has 1 aliphatic heterocycles. The van der Waals surface area contributed by atoms with E-state index in [9.17, 15) is 18.4 Å². The first-order valence-corrected chi connectivity index (χ1v) is 7.56. The average molecular weight is 329 g/mol. The van der Waals surface area contributed by atoms with Gasteiger partial charge in [0.05, 0.1) is 12.2 Å². The van der Waals surface area contributed by atoms with E-state index in [1.165, 1.54) is 17.0 Å². The van der Waals surface area contributed by atoms with E-state index in [1.54, 1.807) is 18.3 Å². The molecule has 2 fully saturated rings. The Morgan fingerprint density at radius 2 is 2.00 bits per heavy atom. The molecule has 5 nitrogen and oxygen atoms in total. The normalized spacial score (nSPS) is 22.7. The topological polar surface area (TPSA) is 62.3 Å². The monoisotopic (exact) mass is 329 g/mol. The molecule has 0 unspecified atom stereocenters. The lowest BCUT2D eigenvalue weighted by molar-refractivity contribution is -0.125. The minimum Gasteiger partial charge on any atom is -0.329 e. The van der Waals surface area contributed by atoms with Crippen LogP contribution in [0.25, 0.3) is 11.3 Å². The maximum atomic E-state index is 13.8.